The molecule has 0 unspecified atom stereocenters. The Morgan fingerprint density at radius 1 is 1.20 bits per heavy atom. The van der Waals surface area contributed by atoms with Crippen LogP contribution in [0.25, 0.3) is 0 Å². The lowest BCUT2D eigenvalue weighted by Crippen LogP contribution is -2.35. The van der Waals surface area contributed by atoms with Crippen molar-refractivity contribution >= 4 is 38.9 Å². The Bertz CT molecular complexity index is 847. The molecule has 9 heteroatoms. The van der Waals surface area contributed by atoms with Crippen molar-refractivity contribution in [2.24, 2.45) is 0 Å². The molecular formula is C16H18N2O5S2. The van der Waals surface area contributed by atoms with Gasteiger partial charge in [0.25, 0.3) is 5.91 Å². The molecule has 134 valence electrons. The summed E-state index contributed by atoms with van der Waals surface area (Å²) >= 11 is 1.51. The van der Waals surface area contributed by atoms with Gasteiger partial charge in [0, 0.05) is 4.88 Å². The Morgan fingerprint density at radius 2 is 1.92 bits per heavy atom. The molecule has 0 aliphatic heterocycles. The van der Waals surface area contributed by atoms with Crippen LogP contribution in [0.4, 0.5) is 5.69 Å². The van der Waals surface area contributed by atoms with E-state index < -0.39 is 28.0 Å². The smallest absolute Gasteiger partial charge is 0.341 e. The number of para-hydroxylation sites is 1. The van der Waals surface area contributed by atoms with Gasteiger partial charge in [-0.3, -0.25) is 9.52 Å². The van der Waals surface area contributed by atoms with Gasteiger partial charge in [0.05, 0.1) is 24.1 Å². The third-order valence-electron chi connectivity index (χ3n) is 3.11. The number of hydrogen-bond donors (Lipinski definition) is 2. The Morgan fingerprint density at radius 3 is 2.56 bits per heavy atom. The van der Waals surface area contributed by atoms with E-state index >= 15 is 0 Å². The van der Waals surface area contributed by atoms with Gasteiger partial charge in [0.1, 0.15) is 0 Å². The van der Waals surface area contributed by atoms with Gasteiger partial charge < -0.3 is 10.1 Å². The highest BCUT2D eigenvalue weighted by Crippen LogP contribution is 2.18. The van der Waals surface area contributed by atoms with Crippen LogP contribution in [0.5, 0.6) is 0 Å². The molecule has 1 atom stereocenters. The molecule has 1 amide bonds. The molecule has 0 saturated heterocycles. The van der Waals surface area contributed by atoms with Gasteiger partial charge in [0.2, 0.25) is 10.0 Å². The monoisotopic (exact) mass is 382 g/mol. The summed E-state index contributed by atoms with van der Waals surface area (Å²) in [6, 6.07) is 9.79. The number of sulfonamides is 1. The molecule has 0 aliphatic carbocycles. The molecule has 0 aliphatic rings. The molecule has 2 aromatic rings. The van der Waals surface area contributed by atoms with E-state index in [1.54, 1.807) is 12.1 Å². The lowest BCUT2D eigenvalue weighted by molar-refractivity contribution is -0.129. The topological polar surface area (TPSA) is 102 Å². The van der Waals surface area contributed by atoms with E-state index in [4.69, 9.17) is 4.74 Å². The van der Waals surface area contributed by atoms with Gasteiger partial charge in [0.15, 0.2) is 6.10 Å². The predicted molar refractivity (Wildman–Crippen MR) is 96.0 cm³/mol. The first kappa shape index (κ1) is 18.9. The molecule has 1 aromatic carbocycles. The second kappa shape index (κ2) is 8.13. The lowest BCUT2D eigenvalue weighted by atomic mass is 10.2. The van der Waals surface area contributed by atoms with Gasteiger partial charge >= 0.3 is 5.97 Å². The highest BCUT2D eigenvalue weighted by atomic mass is 32.2. The standard InChI is InChI=1S/C16H18N2O5S2/c1-11(15(19)17-10-12-6-5-9-24-12)23-16(20)13-7-3-4-8-14(13)18-25(2,21)22/h3-9,11,18H,10H2,1-2H3,(H,17,19)/t11-/m1/s1. The Kier molecular flexibility index (Phi) is 6.16. The number of rotatable bonds is 7. The van der Waals surface area contributed by atoms with Crippen LogP contribution in [0, 0.1) is 0 Å². The maximum atomic E-state index is 12.3. The molecule has 0 saturated carbocycles. The Balaban J connectivity index is 2.00. The van der Waals surface area contributed by atoms with E-state index in [0.717, 1.165) is 11.1 Å². The molecule has 2 rings (SSSR count). The summed E-state index contributed by atoms with van der Waals surface area (Å²) in [5.74, 6) is -1.22. The maximum Gasteiger partial charge on any atom is 0.341 e. The lowest BCUT2D eigenvalue weighted by Gasteiger charge is -2.15. The van der Waals surface area contributed by atoms with Crippen LogP contribution >= 0.6 is 11.3 Å². The van der Waals surface area contributed by atoms with Crippen molar-refractivity contribution in [1.82, 2.24) is 5.32 Å². The van der Waals surface area contributed by atoms with E-state index in [1.807, 2.05) is 17.5 Å². The van der Waals surface area contributed by atoms with Crippen molar-refractivity contribution < 1.29 is 22.7 Å². The molecule has 1 heterocycles. The van der Waals surface area contributed by atoms with Crippen molar-refractivity contribution in [3.63, 3.8) is 0 Å². The summed E-state index contributed by atoms with van der Waals surface area (Å²) in [7, 11) is -3.55. The first-order valence-corrected chi connectivity index (χ1v) is 10.1. The summed E-state index contributed by atoms with van der Waals surface area (Å²) in [4.78, 5) is 25.3. The number of thiophene rings is 1. The number of hydrogen-bond acceptors (Lipinski definition) is 6. The third-order valence-corrected chi connectivity index (χ3v) is 4.58. The number of amides is 1. The molecule has 0 fully saturated rings. The van der Waals surface area contributed by atoms with Crippen LogP contribution in [0.15, 0.2) is 41.8 Å². The number of esters is 1. The van der Waals surface area contributed by atoms with Gasteiger partial charge in [-0.05, 0) is 30.5 Å². The second-order valence-electron chi connectivity index (χ2n) is 5.26. The molecule has 25 heavy (non-hydrogen) atoms. The fraction of sp³-hybridized carbons (Fsp3) is 0.250. The molecule has 2 N–H and O–H groups in total. The first-order valence-electron chi connectivity index (χ1n) is 7.34. The zero-order valence-electron chi connectivity index (χ0n) is 13.7. The summed E-state index contributed by atoms with van der Waals surface area (Å²) < 4.78 is 30.1. The van der Waals surface area contributed by atoms with Gasteiger partial charge in [-0.1, -0.05) is 18.2 Å². The number of ether oxygens (including phenoxy) is 1. The number of carbonyl (C=O) groups is 2. The minimum absolute atomic E-state index is 0.0332. The Hall–Kier alpha value is -2.39. The number of carbonyl (C=O) groups excluding carboxylic acids is 2. The van der Waals surface area contributed by atoms with Crippen LogP contribution in [0.1, 0.15) is 22.2 Å². The Labute approximate surface area is 150 Å². The SMILES string of the molecule is C[C@@H](OC(=O)c1ccccc1NS(C)(=O)=O)C(=O)NCc1cccs1. The quantitative estimate of drug-likeness (QED) is 0.713. The minimum atomic E-state index is -3.55. The van der Waals surface area contributed by atoms with E-state index in [2.05, 4.69) is 10.0 Å². The van der Waals surface area contributed by atoms with Crippen molar-refractivity contribution in [2.45, 2.75) is 19.6 Å². The van der Waals surface area contributed by atoms with Gasteiger partial charge in [-0.25, -0.2) is 13.2 Å². The zero-order chi connectivity index (χ0) is 18.4. The molecular weight excluding hydrogens is 364 g/mol. The van der Waals surface area contributed by atoms with E-state index in [-0.39, 0.29) is 11.3 Å². The van der Waals surface area contributed by atoms with Crippen LogP contribution < -0.4 is 10.0 Å². The summed E-state index contributed by atoms with van der Waals surface area (Å²) in [5.41, 5.74) is 0.132. The van der Waals surface area contributed by atoms with Crippen molar-refractivity contribution in [3.8, 4) is 0 Å². The highest BCUT2D eigenvalue weighted by molar-refractivity contribution is 7.92. The van der Waals surface area contributed by atoms with Crippen molar-refractivity contribution in [2.75, 3.05) is 11.0 Å². The predicted octanol–water partition coefficient (Wildman–Crippen LogP) is 1.98. The van der Waals surface area contributed by atoms with Crippen LogP contribution in [0.2, 0.25) is 0 Å². The second-order valence-corrected chi connectivity index (χ2v) is 8.05. The van der Waals surface area contributed by atoms with Gasteiger partial charge in [-0.15, -0.1) is 11.3 Å². The number of benzene rings is 1. The molecule has 0 spiro atoms. The molecule has 0 radical (unpaired) electrons. The molecule has 0 bridgehead atoms. The third kappa shape index (κ3) is 5.87. The number of anilines is 1. The first-order chi connectivity index (χ1) is 11.8. The molecule has 1 aromatic heterocycles. The average molecular weight is 382 g/mol. The summed E-state index contributed by atoms with van der Waals surface area (Å²) in [6.07, 6.45) is -0.0331. The van der Waals surface area contributed by atoms with Crippen LogP contribution in [-0.2, 0) is 26.1 Å². The largest absolute Gasteiger partial charge is 0.449 e. The number of nitrogens with one attached hydrogen (secondary N) is 2. The zero-order valence-corrected chi connectivity index (χ0v) is 15.3. The fourth-order valence-corrected chi connectivity index (χ4v) is 3.18. The van der Waals surface area contributed by atoms with Crippen LogP contribution in [0.3, 0.4) is 0 Å². The average Bonchev–Trinajstić information content (AvgIpc) is 3.04. The molecule has 7 nitrogen and oxygen atoms in total. The van der Waals surface area contributed by atoms with E-state index in [9.17, 15) is 18.0 Å². The maximum absolute atomic E-state index is 12.3. The normalized spacial score (nSPS) is 12.2. The van der Waals surface area contributed by atoms with Gasteiger partial charge in [-0.2, -0.15) is 0 Å². The van der Waals surface area contributed by atoms with Crippen LogP contribution in [-0.4, -0.2) is 32.7 Å². The highest BCUT2D eigenvalue weighted by Gasteiger charge is 2.21. The van der Waals surface area contributed by atoms with E-state index in [1.165, 1.54) is 30.4 Å². The minimum Gasteiger partial charge on any atom is -0.449 e. The van der Waals surface area contributed by atoms with Crippen molar-refractivity contribution in [3.05, 3.63) is 52.2 Å². The summed E-state index contributed by atoms with van der Waals surface area (Å²) in [6.45, 7) is 1.80. The fourth-order valence-electron chi connectivity index (χ4n) is 1.96. The van der Waals surface area contributed by atoms with Crippen molar-refractivity contribution in [1.29, 1.82) is 0 Å². The summed E-state index contributed by atoms with van der Waals surface area (Å²) in [5, 5.41) is 4.58. The van der Waals surface area contributed by atoms with E-state index in [0.29, 0.717) is 6.54 Å².